The summed E-state index contributed by atoms with van der Waals surface area (Å²) >= 11 is 0. The van der Waals surface area contributed by atoms with Gasteiger partial charge in [-0.05, 0) is 78.5 Å². The molecule has 36 heavy (non-hydrogen) atoms. The van der Waals surface area contributed by atoms with Crippen LogP contribution in [-0.2, 0) is 15.9 Å². The fourth-order valence-electron chi connectivity index (χ4n) is 7.27. The summed E-state index contributed by atoms with van der Waals surface area (Å²) in [6.07, 6.45) is 9.27. The minimum Gasteiger partial charge on any atom is -0.508 e. The number of phenols is 1. The zero-order chi connectivity index (χ0) is 25.2. The predicted octanol–water partition coefficient (Wildman–Crippen LogP) is 6.78. The number of hydrogen-bond donors (Lipinski definition) is 1. The number of anilines is 1. The number of fused-ring (bicyclic) bond motifs is 1. The SMILES string of the molecule is COC(OC)C1CCN(c2c(F)cc([C@@H]3c4ccc(O)cc4CC[C@@H]3C3CCCCC3)cc2F)CC1. The zero-order valence-corrected chi connectivity index (χ0v) is 21.5. The Labute approximate surface area is 213 Å². The number of aryl methyl sites for hydroxylation is 1. The van der Waals surface area contributed by atoms with E-state index in [0.29, 0.717) is 24.9 Å². The first kappa shape index (κ1) is 25.5. The van der Waals surface area contributed by atoms with Gasteiger partial charge >= 0.3 is 0 Å². The highest BCUT2D eigenvalue weighted by Gasteiger charge is 2.38. The summed E-state index contributed by atoms with van der Waals surface area (Å²) in [6.45, 7) is 1.13. The van der Waals surface area contributed by atoms with Crippen molar-refractivity contribution in [3.05, 3.63) is 58.7 Å². The van der Waals surface area contributed by atoms with Crippen molar-refractivity contribution in [3.8, 4) is 5.75 Å². The van der Waals surface area contributed by atoms with Crippen LogP contribution in [0.15, 0.2) is 30.3 Å². The normalized spacial score (nSPS) is 23.8. The monoisotopic (exact) mass is 499 g/mol. The maximum absolute atomic E-state index is 15.7. The van der Waals surface area contributed by atoms with E-state index in [1.807, 2.05) is 17.0 Å². The van der Waals surface area contributed by atoms with E-state index in [4.69, 9.17) is 9.47 Å². The number of phenolic OH excluding ortho intramolecular Hbond substituents is 1. The molecule has 0 aromatic heterocycles. The van der Waals surface area contributed by atoms with Crippen molar-refractivity contribution >= 4 is 5.69 Å². The summed E-state index contributed by atoms with van der Waals surface area (Å²) in [7, 11) is 3.26. The topological polar surface area (TPSA) is 41.9 Å². The molecule has 1 saturated carbocycles. The van der Waals surface area contributed by atoms with Gasteiger partial charge in [0, 0.05) is 39.1 Å². The number of methoxy groups -OCH3 is 2. The molecule has 2 aromatic rings. The average Bonchev–Trinajstić information content (AvgIpc) is 2.89. The molecule has 0 radical (unpaired) electrons. The zero-order valence-electron chi connectivity index (χ0n) is 21.5. The lowest BCUT2D eigenvalue weighted by Gasteiger charge is -2.41. The van der Waals surface area contributed by atoms with E-state index in [2.05, 4.69) is 0 Å². The van der Waals surface area contributed by atoms with Gasteiger partial charge in [0.1, 0.15) is 23.1 Å². The van der Waals surface area contributed by atoms with Gasteiger partial charge in [0.05, 0.1) is 0 Å². The van der Waals surface area contributed by atoms with Crippen LogP contribution in [0.3, 0.4) is 0 Å². The van der Waals surface area contributed by atoms with Crippen molar-refractivity contribution in [2.45, 2.75) is 70.0 Å². The van der Waals surface area contributed by atoms with Gasteiger partial charge in [0.2, 0.25) is 0 Å². The van der Waals surface area contributed by atoms with Crippen LogP contribution in [0.25, 0.3) is 0 Å². The Morgan fingerprint density at radius 2 is 1.56 bits per heavy atom. The van der Waals surface area contributed by atoms with E-state index in [9.17, 15) is 5.11 Å². The van der Waals surface area contributed by atoms with Gasteiger partial charge in [-0.2, -0.15) is 0 Å². The maximum atomic E-state index is 15.7. The molecule has 196 valence electrons. The first-order valence-electron chi connectivity index (χ1n) is 13.6. The molecule has 0 unspecified atom stereocenters. The second-order valence-electron chi connectivity index (χ2n) is 11.0. The fraction of sp³-hybridized carbons (Fsp3) is 0.600. The van der Waals surface area contributed by atoms with Gasteiger partial charge in [0.25, 0.3) is 0 Å². The summed E-state index contributed by atoms with van der Waals surface area (Å²) in [5, 5.41) is 10.1. The lowest BCUT2D eigenvalue weighted by atomic mass is 9.64. The van der Waals surface area contributed by atoms with Crippen LogP contribution in [0.4, 0.5) is 14.5 Å². The van der Waals surface area contributed by atoms with Crippen LogP contribution < -0.4 is 4.90 Å². The van der Waals surface area contributed by atoms with Crippen LogP contribution in [0.5, 0.6) is 5.75 Å². The molecule has 4 nitrogen and oxygen atoms in total. The van der Waals surface area contributed by atoms with Crippen molar-refractivity contribution in [1.29, 1.82) is 0 Å². The van der Waals surface area contributed by atoms with Crippen LogP contribution in [0, 0.1) is 29.4 Å². The third-order valence-corrected chi connectivity index (χ3v) is 9.00. The number of halogens is 2. The Morgan fingerprint density at radius 3 is 2.19 bits per heavy atom. The molecule has 3 aliphatic rings. The second-order valence-corrected chi connectivity index (χ2v) is 11.0. The van der Waals surface area contributed by atoms with Gasteiger partial charge in [-0.15, -0.1) is 0 Å². The molecule has 2 aromatic carbocycles. The molecule has 1 saturated heterocycles. The lowest BCUT2D eigenvalue weighted by Crippen LogP contribution is -2.39. The Morgan fingerprint density at radius 1 is 0.889 bits per heavy atom. The van der Waals surface area contributed by atoms with E-state index in [1.165, 1.54) is 32.1 Å². The Balaban J connectivity index is 1.45. The van der Waals surface area contributed by atoms with E-state index in [-0.39, 0.29) is 29.6 Å². The Hall–Kier alpha value is -2.18. The van der Waals surface area contributed by atoms with Crippen LogP contribution >= 0.6 is 0 Å². The average molecular weight is 500 g/mol. The first-order chi connectivity index (χ1) is 17.5. The highest BCUT2D eigenvalue weighted by atomic mass is 19.1. The van der Waals surface area contributed by atoms with E-state index in [1.54, 1.807) is 32.4 Å². The molecule has 2 fully saturated rings. The third-order valence-electron chi connectivity index (χ3n) is 9.00. The van der Waals surface area contributed by atoms with Crippen molar-refractivity contribution in [3.63, 3.8) is 0 Å². The van der Waals surface area contributed by atoms with E-state index < -0.39 is 11.6 Å². The van der Waals surface area contributed by atoms with E-state index >= 15 is 8.78 Å². The van der Waals surface area contributed by atoms with Crippen LogP contribution in [-0.4, -0.2) is 38.7 Å². The fourth-order valence-corrected chi connectivity index (χ4v) is 7.27. The standard InChI is InChI=1S/C30H39F2NO3/c1-35-30(36-2)20-12-14-33(15-13-20)29-26(31)17-22(18-27(29)32)28-24(19-6-4-3-5-7-19)10-8-21-16-23(34)9-11-25(21)28/h9,11,16-20,24,28,30,34H,3-8,10,12-15H2,1-2H3/t24-,28+/m1/s1. The molecule has 6 heteroatoms. The number of nitrogens with zero attached hydrogens (tertiary/aromatic N) is 1. The summed E-state index contributed by atoms with van der Waals surface area (Å²) in [5.41, 5.74) is 3.03. The largest absolute Gasteiger partial charge is 0.508 e. The number of aromatic hydroxyl groups is 1. The Bertz CT molecular complexity index is 1020. The minimum atomic E-state index is -0.480. The molecule has 2 aliphatic carbocycles. The molecule has 1 aliphatic heterocycles. The molecule has 0 amide bonds. The predicted molar refractivity (Wildman–Crippen MR) is 137 cm³/mol. The summed E-state index contributed by atoms with van der Waals surface area (Å²) < 4.78 is 42.2. The maximum Gasteiger partial charge on any atom is 0.159 e. The molecule has 0 spiro atoms. The van der Waals surface area contributed by atoms with Gasteiger partial charge in [0.15, 0.2) is 6.29 Å². The second kappa shape index (κ2) is 11.1. The van der Waals surface area contributed by atoms with Crippen molar-refractivity contribution < 1.29 is 23.4 Å². The molecular weight excluding hydrogens is 460 g/mol. The molecule has 1 N–H and O–H groups in total. The van der Waals surface area contributed by atoms with Gasteiger partial charge in [-0.25, -0.2) is 8.78 Å². The number of rotatable bonds is 6. The van der Waals surface area contributed by atoms with Crippen molar-refractivity contribution in [1.82, 2.24) is 0 Å². The van der Waals surface area contributed by atoms with Gasteiger partial charge < -0.3 is 19.5 Å². The molecule has 5 rings (SSSR count). The number of hydrogen-bond acceptors (Lipinski definition) is 4. The number of benzene rings is 2. The van der Waals surface area contributed by atoms with E-state index in [0.717, 1.165) is 42.4 Å². The summed E-state index contributed by atoms with van der Waals surface area (Å²) in [5.74, 6) is 0.397. The van der Waals surface area contributed by atoms with Crippen molar-refractivity contribution in [2.24, 2.45) is 17.8 Å². The highest BCUT2D eigenvalue weighted by Crippen LogP contribution is 2.49. The van der Waals surface area contributed by atoms with Gasteiger partial charge in [-0.1, -0.05) is 38.2 Å². The summed E-state index contributed by atoms with van der Waals surface area (Å²) in [6, 6.07) is 8.69. The first-order valence-corrected chi connectivity index (χ1v) is 13.6. The minimum absolute atomic E-state index is 0.0506. The number of ether oxygens (including phenoxy) is 2. The quantitative estimate of drug-likeness (QED) is 0.445. The molecule has 2 atom stereocenters. The van der Waals surface area contributed by atoms with Crippen LogP contribution in [0.2, 0.25) is 0 Å². The third kappa shape index (κ3) is 4.99. The van der Waals surface area contributed by atoms with Crippen LogP contribution in [0.1, 0.15) is 74.0 Å². The summed E-state index contributed by atoms with van der Waals surface area (Å²) in [4.78, 5) is 1.83. The molecule has 1 heterocycles. The molecular formula is C30H39F2NO3. The van der Waals surface area contributed by atoms with Crippen molar-refractivity contribution in [2.75, 3.05) is 32.2 Å². The van der Waals surface area contributed by atoms with Gasteiger partial charge in [-0.3, -0.25) is 0 Å². The highest BCUT2D eigenvalue weighted by molar-refractivity contribution is 5.54. The number of piperidine rings is 1. The lowest BCUT2D eigenvalue weighted by molar-refractivity contribution is -0.141. The molecule has 0 bridgehead atoms. The Kier molecular flexibility index (Phi) is 7.82. The smallest absolute Gasteiger partial charge is 0.159 e.